The van der Waals surface area contributed by atoms with Crippen molar-refractivity contribution in [1.29, 1.82) is 0 Å². The predicted molar refractivity (Wildman–Crippen MR) is 57.9 cm³/mol. The molecule has 6 nitrogen and oxygen atoms in total. The van der Waals surface area contributed by atoms with Gasteiger partial charge >= 0.3 is 5.97 Å². The second-order valence-corrected chi connectivity index (χ2v) is 3.32. The van der Waals surface area contributed by atoms with Crippen molar-refractivity contribution in [2.75, 3.05) is 12.8 Å². The lowest BCUT2D eigenvalue weighted by molar-refractivity contribution is -0.384. The third kappa shape index (κ3) is 2.28. The first-order chi connectivity index (χ1) is 7.47. The highest BCUT2D eigenvalue weighted by atomic mass is 16.6. The quantitative estimate of drug-likeness (QED) is 0.363. The molecule has 0 aliphatic carbocycles. The number of anilines is 1. The molecule has 16 heavy (non-hydrogen) atoms. The highest BCUT2D eigenvalue weighted by Crippen LogP contribution is 2.26. The highest BCUT2D eigenvalue weighted by molar-refractivity contribution is 5.78. The summed E-state index contributed by atoms with van der Waals surface area (Å²) in [6.07, 6.45) is 0. The number of hydrogen-bond donors (Lipinski definition) is 1. The van der Waals surface area contributed by atoms with Gasteiger partial charge in [0.2, 0.25) is 0 Å². The average molecular weight is 224 g/mol. The number of nitro benzene ring substituents is 1. The Labute approximate surface area is 92.2 Å². The van der Waals surface area contributed by atoms with Gasteiger partial charge in [0, 0.05) is 6.07 Å². The van der Waals surface area contributed by atoms with Gasteiger partial charge in [0.15, 0.2) is 0 Å². The van der Waals surface area contributed by atoms with Crippen molar-refractivity contribution >= 4 is 17.3 Å². The van der Waals surface area contributed by atoms with Crippen molar-refractivity contribution in [2.24, 2.45) is 0 Å². The van der Waals surface area contributed by atoms with Crippen molar-refractivity contribution in [2.45, 2.75) is 12.8 Å². The monoisotopic (exact) mass is 224 g/mol. The fraction of sp³-hybridized carbons (Fsp3) is 0.300. The SMILES string of the molecule is COC(=O)C(C)c1ccc(N)c([N+](=O)[O-])c1. The molecule has 1 rings (SSSR count). The topological polar surface area (TPSA) is 95.5 Å². The van der Waals surface area contributed by atoms with Gasteiger partial charge in [-0.1, -0.05) is 6.07 Å². The van der Waals surface area contributed by atoms with Crippen LogP contribution < -0.4 is 5.73 Å². The van der Waals surface area contributed by atoms with Gasteiger partial charge < -0.3 is 10.5 Å². The molecule has 0 aliphatic rings. The molecule has 0 aromatic heterocycles. The predicted octanol–water partition coefficient (Wildman–Crippen LogP) is 1.45. The number of nitrogens with zero attached hydrogens (tertiary/aromatic N) is 1. The number of esters is 1. The van der Waals surface area contributed by atoms with E-state index in [2.05, 4.69) is 4.74 Å². The van der Waals surface area contributed by atoms with Crippen LogP contribution in [-0.2, 0) is 9.53 Å². The van der Waals surface area contributed by atoms with Gasteiger partial charge in [0.1, 0.15) is 5.69 Å². The number of carbonyl (C=O) groups is 1. The molecule has 1 aromatic rings. The van der Waals surface area contributed by atoms with Crippen molar-refractivity contribution in [3.8, 4) is 0 Å². The maximum Gasteiger partial charge on any atom is 0.312 e. The molecule has 0 aliphatic heterocycles. The molecule has 0 bridgehead atoms. The maximum atomic E-state index is 11.3. The molecule has 2 N–H and O–H groups in total. The van der Waals surface area contributed by atoms with Gasteiger partial charge in [-0.15, -0.1) is 0 Å². The average Bonchev–Trinajstić information content (AvgIpc) is 2.27. The minimum atomic E-state index is -0.581. The molecule has 0 saturated carbocycles. The zero-order valence-electron chi connectivity index (χ0n) is 8.97. The molecule has 0 heterocycles. The van der Waals surface area contributed by atoms with E-state index in [1.54, 1.807) is 13.0 Å². The Bertz CT molecular complexity index is 431. The molecule has 1 unspecified atom stereocenters. The summed E-state index contributed by atoms with van der Waals surface area (Å²) in [5, 5.41) is 10.6. The van der Waals surface area contributed by atoms with Crippen LogP contribution in [0.15, 0.2) is 18.2 Å². The van der Waals surface area contributed by atoms with Crippen LogP contribution in [0.4, 0.5) is 11.4 Å². The van der Waals surface area contributed by atoms with Gasteiger partial charge in [-0.25, -0.2) is 0 Å². The largest absolute Gasteiger partial charge is 0.469 e. The van der Waals surface area contributed by atoms with Crippen LogP contribution in [0.2, 0.25) is 0 Å². The first kappa shape index (κ1) is 12.0. The summed E-state index contributed by atoms with van der Waals surface area (Å²) in [4.78, 5) is 21.3. The Morgan fingerprint density at radius 3 is 2.69 bits per heavy atom. The van der Waals surface area contributed by atoms with Crippen LogP contribution in [0.1, 0.15) is 18.4 Å². The molecule has 1 aromatic carbocycles. The van der Waals surface area contributed by atoms with Crippen molar-refractivity contribution < 1.29 is 14.5 Å². The molecule has 0 spiro atoms. The van der Waals surface area contributed by atoms with E-state index in [0.717, 1.165) is 0 Å². The van der Waals surface area contributed by atoms with E-state index in [4.69, 9.17) is 5.73 Å². The van der Waals surface area contributed by atoms with Gasteiger partial charge in [0.25, 0.3) is 5.69 Å². The first-order valence-electron chi connectivity index (χ1n) is 4.59. The lowest BCUT2D eigenvalue weighted by atomic mass is 10.0. The standard InChI is InChI=1S/C10H12N2O4/c1-6(10(13)16-2)7-3-4-8(11)9(5-7)12(14)15/h3-6H,11H2,1-2H3. The Kier molecular flexibility index (Phi) is 3.44. The summed E-state index contributed by atoms with van der Waals surface area (Å²) in [5.41, 5.74) is 5.82. The van der Waals surface area contributed by atoms with E-state index in [0.29, 0.717) is 5.56 Å². The number of nitro groups is 1. The smallest absolute Gasteiger partial charge is 0.312 e. The van der Waals surface area contributed by atoms with Crippen LogP contribution >= 0.6 is 0 Å². The molecule has 0 saturated heterocycles. The lowest BCUT2D eigenvalue weighted by Crippen LogP contribution is -2.11. The Balaban J connectivity index is 3.12. The van der Waals surface area contributed by atoms with Gasteiger partial charge in [-0.3, -0.25) is 14.9 Å². The van der Waals surface area contributed by atoms with E-state index in [-0.39, 0.29) is 11.4 Å². The van der Waals surface area contributed by atoms with Gasteiger partial charge in [0.05, 0.1) is 18.0 Å². The van der Waals surface area contributed by atoms with Crippen LogP contribution in [-0.4, -0.2) is 18.0 Å². The Morgan fingerprint density at radius 2 is 2.19 bits per heavy atom. The van der Waals surface area contributed by atoms with Crippen molar-refractivity contribution in [1.82, 2.24) is 0 Å². The highest BCUT2D eigenvalue weighted by Gasteiger charge is 2.20. The number of rotatable bonds is 3. The molecule has 0 amide bonds. The second-order valence-electron chi connectivity index (χ2n) is 3.32. The molecular weight excluding hydrogens is 212 g/mol. The van der Waals surface area contributed by atoms with Crippen LogP contribution in [0, 0.1) is 10.1 Å². The van der Waals surface area contributed by atoms with E-state index < -0.39 is 16.8 Å². The molecule has 0 radical (unpaired) electrons. The summed E-state index contributed by atoms with van der Waals surface area (Å²) >= 11 is 0. The van der Waals surface area contributed by atoms with Crippen LogP contribution in [0.25, 0.3) is 0 Å². The fourth-order valence-corrected chi connectivity index (χ4v) is 1.30. The zero-order valence-corrected chi connectivity index (χ0v) is 8.97. The van der Waals surface area contributed by atoms with Crippen LogP contribution in [0.3, 0.4) is 0 Å². The number of nitrogen functional groups attached to an aromatic ring is 1. The van der Waals surface area contributed by atoms with E-state index in [1.165, 1.54) is 19.2 Å². The van der Waals surface area contributed by atoms with Gasteiger partial charge in [-0.05, 0) is 18.6 Å². The number of hydrogen-bond acceptors (Lipinski definition) is 5. The number of benzene rings is 1. The summed E-state index contributed by atoms with van der Waals surface area (Å²) in [7, 11) is 1.27. The lowest BCUT2D eigenvalue weighted by Gasteiger charge is -2.09. The zero-order chi connectivity index (χ0) is 12.3. The number of nitrogens with two attached hydrogens (primary N) is 1. The number of ether oxygens (including phenoxy) is 1. The molecule has 1 atom stereocenters. The first-order valence-corrected chi connectivity index (χ1v) is 4.59. The molecular formula is C10H12N2O4. The third-order valence-corrected chi connectivity index (χ3v) is 2.31. The normalized spacial score (nSPS) is 11.9. The van der Waals surface area contributed by atoms with Crippen LogP contribution in [0.5, 0.6) is 0 Å². The minimum absolute atomic E-state index is 0.0748. The maximum absolute atomic E-state index is 11.3. The second kappa shape index (κ2) is 4.61. The van der Waals surface area contributed by atoms with E-state index in [1.807, 2.05) is 0 Å². The number of methoxy groups -OCH3 is 1. The van der Waals surface area contributed by atoms with E-state index >= 15 is 0 Å². The molecule has 0 fully saturated rings. The summed E-state index contributed by atoms with van der Waals surface area (Å²) in [6.45, 7) is 1.61. The van der Waals surface area contributed by atoms with E-state index in [9.17, 15) is 14.9 Å². The summed E-state index contributed by atoms with van der Waals surface area (Å²) in [6, 6.07) is 4.27. The molecule has 6 heteroatoms. The molecule has 86 valence electrons. The third-order valence-electron chi connectivity index (χ3n) is 2.31. The van der Waals surface area contributed by atoms with Crippen molar-refractivity contribution in [3.05, 3.63) is 33.9 Å². The number of carbonyl (C=O) groups excluding carboxylic acids is 1. The van der Waals surface area contributed by atoms with Gasteiger partial charge in [-0.2, -0.15) is 0 Å². The Morgan fingerprint density at radius 1 is 1.56 bits per heavy atom. The Hall–Kier alpha value is -2.11. The minimum Gasteiger partial charge on any atom is -0.469 e. The fourth-order valence-electron chi connectivity index (χ4n) is 1.30. The summed E-state index contributed by atoms with van der Waals surface area (Å²) in [5.74, 6) is -0.997. The summed E-state index contributed by atoms with van der Waals surface area (Å²) < 4.78 is 4.56. The van der Waals surface area contributed by atoms with Crippen molar-refractivity contribution in [3.63, 3.8) is 0 Å².